The van der Waals surface area contributed by atoms with Crippen LogP contribution in [0.5, 0.6) is 0 Å². The highest BCUT2D eigenvalue weighted by Crippen LogP contribution is 2.25. The molecule has 1 N–H and O–H groups in total. The molecule has 1 aliphatic rings. The van der Waals surface area contributed by atoms with Crippen LogP contribution in [0, 0.1) is 11.6 Å². The Labute approximate surface area is 174 Å². The van der Waals surface area contributed by atoms with E-state index in [-0.39, 0.29) is 11.5 Å². The van der Waals surface area contributed by atoms with Crippen molar-refractivity contribution in [1.29, 1.82) is 0 Å². The monoisotopic (exact) mass is 408 g/mol. The maximum Gasteiger partial charge on any atom is 0.238 e. The Morgan fingerprint density at radius 1 is 0.900 bits per heavy atom. The van der Waals surface area contributed by atoms with E-state index in [0.29, 0.717) is 44.2 Å². The Morgan fingerprint density at radius 2 is 1.63 bits per heavy atom. The molecule has 154 valence electrons. The number of pyridine rings is 1. The molecule has 0 aliphatic carbocycles. The first-order valence-corrected chi connectivity index (χ1v) is 9.84. The normalized spacial score (nSPS) is 14.5. The number of anilines is 2. The van der Waals surface area contributed by atoms with Crippen molar-refractivity contribution in [3.8, 4) is 11.3 Å². The lowest BCUT2D eigenvalue weighted by Crippen LogP contribution is -2.48. The van der Waals surface area contributed by atoms with E-state index in [0.717, 1.165) is 11.8 Å². The molecule has 1 saturated heterocycles. The predicted octanol–water partition coefficient (Wildman–Crippen LogP) is 3.79. The number of benzene rings is 2. The summed E-state index contributed by atoms with van der Waals surface area (Å²) in [5.41, 5.74) is 1.33. The predicted molar refractivity (Wildman–Crippen MR) is 113 cm³/mol. The second-order valence-electron chi connectivity index (χ2n) is 7.16. The molecule has 30 heavy (non-hydrogen) atoms. The molecular weight excluding hydrogens is 386 g/mol. The maximum atomic E-state index is 14.1. The van der Waals surface area contributed by atoms with Crippen molar-refractivity contribution >= 4 is 17.4 Å². The van der Waals surface area contributed by atoms with Crippen LogP contribution in [0.4, 0.5) is 20.3 Å². The highest BCUT2D eigenvalue weighted by atomic mass is 19.2. The SMILES string of the molecule is O=C(CN1CCN(c2cccc(-c3cccc(F)c3F)n2)CC1)Nc1ccccc1. The molecule has 5 nitrogen and oxygen atoms in total. The third-order valence-corrected chi connectivity index (χ3v) is 5.08. The summed E-state index contributed by atoms with van der Waals surface area (Å²) < 4.78 is 27.7. The molecule has 0 radical (unpaired) electrons. The van der Waals surface area contributed by atoms with Crippen molar-refractivity contribution in [2.75, 3.05) is 42.9 Å². The van der Waals surface area contributed by atoms with Gasteiger partial charge in [0, 0.05) is 37.4 Å². The zero-order chi connectivity index (χ0) is 20.9. The van der Waals surface area contributed by atoms with E-state index in [1.165, 1.54) is 12.1 Å². The van der Waals surface area contributed by atoms with E-state index >= 15 is 0 Å². The number of halogens is 2. The summed E-state index contributed by atoms with van der Waals surface area (Å²) in [6.07, 6.45) is 0. The van der Waals surface area contributed by atoms with Crippen LogP contribution in [0.2, 0.25) is 0 Å². The lowest BCUT2D eigenvalue weighted by atomic mass is 10.1. The van der Waals surface area contributed by atoms with Gasteiger partial charge in [-0.2, -0.15) is 0 Å². The van der Waals surface area contributed by atoms with Crippen LogP contribution in [-0.2, 0) is 4.79 Å². The van der Waals surface area contributed by atoms with Crippen LogP contribution in [0.15, 0.2) is 66.7 Å². The topological polar surface area (TPSA) is 48.5 Å². The highest BCUT2D eigenvalue weighted by molar-refractivity contribution is 5.92. The fourth-order valence-corrected chi connectivity index (χ4v) is 3.51. The van der Waals surface area contributed by atoms with Gasteiger partial charge in [0.25, 0.3) is 0 Å². The van der Waals surface area contributed by atoms with Crippen LogP contribution in [0.3, 0.4) is 0 Å². The van der Waals surface area contributed by atoms with Gasteiger partial charge in [0.2, 0.25) is 5.91 Å². The van der Waals surface area contributed by atoms with Gasteiger partial charge in [0.1, 0.15) is 5.82 Å². The van der Waals surface area contributed by atoms with Gasteiger partial charge in [-0.1, -0.05) is 30.3 Å². The Kier molecular flexibility index (Phi) is 5.99. The third kappa shape index (κ3) is 4.63. The Morgan fingerprint density at radius 3 is 2.40 bits per heavy atom. The van der Waals surface area contributed by atoms with E-state index in [9.17, 15) is 13.6 Å². The number of carbonyl (C=O) groups is 1. The number of carbonyl (C=O) groups excluding carboxylic acids is 1. The molecule has 0 saturated carbocycles. The minimum absolute atomic E-state index is 0.0450. The van der Waals surface area contributed by atoms with Gasteiger partial charge in [-0.3, -0.25) is 9.69 Å². The fraction of sp³-hybridized carbons (Fsp3) is 0.217. The number of nitrogens with zero attached hydrogens (tertiary/aromatic N) is 3. The number of hydrogen-bond acceptors (Lipinski definition) is 4. The summed E-state index contributed by atoms with van der Waals surface area (Å²) in [7, 11) is 0. The average molecular weight is 408 g/mol. The quantitative estimate of drug-likeness (QED) is 0.698. The fourth-order valence-electron chi connectivity index (χ4n) is 3.51. The molecule has 4 rings (SSSR count). The number of piperazine rings is 1. The van der Waals surface area contributed by atoms with Gasteiger partial charge in [0.05, 0.1) is 12.2 Å². The summed E-state index contributed by atoms with van der Waals surface area (Å²) in [4.78, 5) is 21.0. The zero-order valence-corrected chi connectivity index (χ0v) is 16.4. The number of nitrogens with one attached hydrogen (secondary N) is 1. The molecular formula is C23H22F2N4O. The van der Waals surface area contributed by atoms with E-state index in [1.807, 2.05) is 36.4 Å². The molecule has 1 aliphatic heterocycles. The highest BCUT2D eigenvalue weighted by Gasteiger charge is 2.21. The molecule has 2 aromatic carbocycles. The minimum Gasteiger partial charge on any atom is -0.354 e. The van der Waals surface area contributed by atoms with Gasteiger partial charge in [-0.15, -0.1) is 0 Å². The van der Waals surface area contributed by atoms with Crippen molar-refractivity contribution in [1.82, 2.24) is 9.88 Å². The number of amides is 1. The van der Waals surface area contributed by atoms with Crippen molar-refractivity contribution in [3.63, 3.8) is 0 Å². The largest absolute Gasteiger partial charge is 0.354 e. The average Bonchev–Trinajstić information content (AvgIpc) is 2.77. The van der Waals surface area contributed by atoms with Crippen LogP contribution in [-0.4, -0.2) is 48.5 Å². The second kappa shape index (κ2) is 9.00. The Bertz CT molecular complexity index is 1020. The van der Waals surface area contributed by atoms with Crippen molar-refractivity contribution in [2.24, 2.45) is 0 Å². The van der Waals surface area contributed by atoms with Crippen molar-refractivity contribution in [3.05, 3.63) is 78.4 Å². The third-order valence-electron chi connectivity index (χ3n) is 5.08. The summed E-state index contributed by atoms with van der Waals surface area (Å²) in [6.45, 7) is 3.14. The smallest absolute Gasteiger partial charge is 0.238 e. The van der Waals surface area contributed by atoms with Crippen LogP contribution < -0.4 is 10.2 Å². The molecule has 0 atom stereocenters. The van der Waals surface area contributed by atoms with Gasteiger partial charge in [0.15, 0.2) is 11.6 Å². The molecule has 0 spiro atoms. The number of hydrogen-bond donors (Lipinski definition) is 1. The van der Waals surface area contributed by atoms with Gasteiger partial charge < -0.3 is 10.2 Å². The molecule has 1 amide bonds. The summed E-state index contributed by atoms with van der Waals surface area (Å²) in [6, 6.07) is 18.8. The standard InChI is InChI=1S/C23H22F2N4O/c24-19-9-4-8-18(23(19)25)20-10-5-11-21(27-20)29-14-12-28(13-15-29)16-22(30)26-17-6-2-1-3-7-17/h1-11H,12-16H2,(H,26,30). The van der Waals surface area contributed by atoms with Gasteiger partial charge in [-0.05, 0) is 36.4 Å². The van der Waals surface area contributed by atoms with E-state index in [1.54, 1.807) is 12.1 Å². The molecule has 0 unspecified atom stereocenters. The molecule has 1 aromatic heterocycles. The van der Waals surface area contributed by atoms with E-state index in [4.69, 9.17) is 0 Å². The molecule has 1 fully saturated rings. The van der Waals surface area contributed by atoms with E-state index in [2.05, 4.69) is 20.1 Å². The Hall–Kier alpha value is -3.32. The molecule has 7 heteroatoms. The summed E-state index contributed by atoms with van der Waals surface area (Å²) in [5, 5.41) is 2.89. The first-order chi connectivity index (χ1) is 14.6. The first-order valence-electron chi connectivity index (χ1n) is 9.84. The molecule has 3 aromatic rings. The molecule has 2 heterocycles. The number of rotatable bonds is 5. The van der Waals surface area contributed by atoms with Crippen LogP contribution >= 0.6 is 0 Å². The van der Waals surface area contributed by atoms with Crippen molar-refractivity contribution < 1.29 is 13.6 Å². The lowest BCUT2D eigenvalue weighted by molar-refractivity contribution is -0.117. The summed E-state index contributed by atoms with van der Waals surface area (Å²) >= 11 is 0. The van der Waals surface area contributed by atoms with Gasteiger partial charge in [-0.25, -0.2) is 13.8 Å². The van der Waals surface area contributed by atoms with Gasteiger partial charge >= 0.3 is 0 Å². The first kappa shape index (κ1) is 20.0. The van der Waals surface area contributed by atoms with Crippen LogP contribution in [0.25, 0.3) is 11.3 Å². The second-order valence-corrected chi connectivity index (χ2v) is 7.16. The number of para-hydroxylation sites is 1. The maximum absolute atomic E-state index is 14.1. The van der Waals surface area contributed by atoms with E-state index < -0.39 is 11.6 Å². The Balaban J connectivity index is 1.36. The minimum atomic E-state index is -0.892. The zero-order valence-electron chi connectivity index (χ0n) is 16.4. The molecule has 0 bridgehead atoms. The number of aromatic nitrogens is 1. The lowest BCUT2D eigenvalue weighted by Gasteiger charge is -2.35. The van der Waals surface area contributed by atoms with Crippen LogP contribution in [0.1, 0.15) is 0 Å². The van der Waals surface area contributed by atoms with Crippen molar-refractivity contribution in [2.45, 2.75) is 0 Å². The summed E-state index contributed by atoms with van der Waals surface area (Å²) in [5.74, 6) is -1.11.